The van der Waals surface area contributed by atoms with Crippen LogP contribution in [-0.4, -0.2) is 36.1 Å². The van der Waals surface area contributed by atoms with E-state index in [1.807, 2.05) is 4.90 Å². The zero-order valence-electron chi connectivity index (χ0n) is 11.0. The molecule has 4 nitrogen and oxygen atoms in total. The smallest absolute Gasteiger partial charge is 0.252 e. The third-order valence-electron chi connectivity index (χ3n) is 4.11. The predicted octanol–water partition coefficient (Wildman–Crippen LogP) is 1.92. The third-order valence-corrected chi connectivity index (χ3v) is 4.81. The number of ether oxygens (including phenoxy) is 1. The van der Waals surface area contributed by atoms with E-state index in [1.54, 1.807) is 11.3 Å². The number of nitrogens with two attached hydrogens (primary N) is 1. The molecule has 0 bridgehead atoms. The second-order valence-electron chi connectivity index (χ2n) is 5.31. The maximum atomic E-state index is 12.6. The van der Waals surface area contributed by atoms with Crippen molar-refractivity contribution in [1.82, 2.24) is 4.90 Å². The molecule has 3 atom stereocenters. The molecule has 3 heterocycles. The van der Waals surface area contributed by atoms with Crippen LogP contribution in [0.2, 0.25) is 0 Å². The summed E-state index contributed by atoms with van der Waals surface area (Å²) in [7, 11) is 0. The van der Waals surface area contributed by atoms with Gasteiger partial charge in [-0.3, -0.25) is 4.79 Å². The van der Waals surface area contributed by atoms with Crippen molar-refractivity contribution in [1.29, 1.82) is 0 Å². The average Bonchev–Trinajstić information content (AvgIpc) is 3.16. The fourth-order valence-corrected chi connectivity index (χ4v) is 3.79. The van der Waals surface area contributed by atoms with Crippen LogP contribution in [0.1, 0.15) is 37.3 Å². The monoisotopic (exact) mass is 280 g/mol. The van der Waals surface area contributed by atoms with Crippen molar-refractivity contribution in [2.75, 3.05) is 13.1 Å². The topological polar surface area (TPSA) is 55.6 Å². The van der Waals surface area contributed by atoms with E-state index in [2.05, 4.69) is 16.8 Å². The van der Waals surface area contributed by atoms with Gasteiger partial charge in [0, 0.05) is 13.1 Å². The second kappa shape index (κ2) is 5.61. The first-order valence-electron chi connectivity index (χ1n) is 6.97. The summed E-state index contributed by atoms with van der Waals surface area (Å²) in [6, 6.07) is 2.37. The molecule has 1 unspecified atom stereocenters. The van der Waals surface area contributed by atoms with E-state index in [-0.39, 0.29) is 24.2 Å². The zero-order valence-corrected chi connectivity index (χ0v) is 11.8. The van der Waals surface area contributed by atoms with Gasteiger partial charge in [0.1, 0.15) is 6.10 Å². The number of carbonyl (C=O) groups excluding carboxylic acids is 1. The Kier molecular flexibility index (Phi) is 3.86. The second-order valence-corrected chi connectivity index (χ2v) is 6.09. The highest BCUT2D eigenvalue weighted by molar-refractivity contribution is 7.07. The largest absolute Gasteiger partial charge is 0.364 e. The van der Waals surface area contributed by atoms with Gasteiger partial charge in [0.05, 0.1) is 12.1 Å². The van der Waals surface area contributed by atoms with Crippen molar-refractivity contribution < 1.29 is 9.53 Å². The van der Waals surface area contributed by atoms with Gasteiger partial charge in [-0.1, -0.05) is 0 Å². The first-order chi connectivity index (χ1) is 9.29. The van der Waals surface area contributed by atoms with Crippen molar-refractivity contribution in [2.45, 2.75) is 43.9 Å². The van der Waals surface area contributed by atoms with Gasteiger partial charge in [-0.05, 0) is 48.1 Å². The highest BCUT2D eigenvalue weighted by Crippen LogP contribution is 2.35. The molecule has 2 saturated heterocycles. The summed E-state index contributed by atoms with van der Waals surface area (Å²) in [4.78, 5) is 14.6. The van der Waals surface area contributed by atoms with E-state index in [9.17, 15) is 4.79 Å². The predicted molar refractivity (Wildman–Crippen MR) is 75.0 cm³/mol. The van der Waals surface area contributed by atoms with Crippen molar-refractivity contribution >= 4 is 17.2 Å². The van der Waals surface area contributed by atoms with E-state index in [1.165, 1.54) is 5.56 Å². The zero-order chi connectivity index (χ0) is 13.2. The summed E-state index contributed by atoms with van der Waals surface area (Å²) in [5, 5.41) is 4.22. The minimum absolute atomic E-state index is 0.0659. The van der Waals surface area contributed by atoms with E-state index >= 15 is 0 Å². The number of nitrogens with zero attached hydrogens (tertiary/aromatic N) is 1. The number of carbonyl (C=O) groups is 1. The van der Waals surface area contributed by atoms with Gasteiger partial charge in [-0.2, -0.15) is 11.3 Å². The summed E-state index contributed by atoms with van der Waals surface area (Å²) in [6.07, 6.45) is 3.66. The molecule has 1 aromatic heterocycles. The molecular formula is C14H20N2O2S. The molecule has 0 aliphatic carbocycles. The molecule has 2 aliphatic rings. The lowest BCUT2D eigenvalue weighted by Crippen LogP contribution is -2.39. The number of thiophene rings is 1. The quantitative estimate of drug-likeness (QED) is 0.920. The Morgan fingerprint density at radius 3 is 3.05 bits per heavy atom. The van der Waals surface area contributed by atoms with E-state index in [0.717, 1.165) is 32.2 Å². The SMILES string of the molecule is NC[C@H]1CC[C@@H](C(=O)N2CCCC2c2ccsc2)O1. The minimum atomic E-state index is -0.271. The molecule has 0 saturated carbocycles. The molecular weight excluding hydrogens is 260 g/mol. The molecule has 3 rings (SSSR count). The van der Waals surface area contributed by atoms with Crippen LogP contribution < -0.4 is 5.73 Å². The van der Waals surface area contributed by atoms with Crippen LogP contribution in [0.3, 0.4) is 0 Å². The van der Waals surface area contributed by atoms with E-state index in [4.69, 9.17) is 10.5 Å². The van der Waals surface area contributed by atoms with Crippen molar-refractivity contribution in [3.63, 3.8) is 0 Å². The van der Waals surface area contributed by atoms with Gasteiger partial charge in [-0.15, -0.1) is 0 Å². The number of hydrogen-bond donors (Lipinski definition) is 1. The number of rotatable bonds is 3. The molecule has 1 amide bonds. The highest BCUT2D eigenvalue weighted by atomic mass is 32.1. The van der Waals surface area contributed by atoms with Crippen LogP contribution in [0.5, 0.6) is 0 Å². The van der Waals surface area contributed by atoms with Crippen molar-refractivity contribution in [3.05, 3.63) is 22.4 Å². The van der Waals surface area contributed by atoms with Crippen LogP contribution in [0.15, 0.2) is 16.8 Å². The molecule has 5 heteroatoms. The highest BCUT2D eigenvalue weighted by Gasteiger charge is 2.38. The van der Waals surface area contributed by atoms with Gasteiger partial charge in [0.2, 0.25) is 0 Å². The Labute approximate surface area is 117 Å². The lowest BCUT2D eigenvalue weighted by molar-refractivity contribution is -0.143. The average molecular weight is 280 g/mol. The molecule has 19 heavy (non-hydrogen) atoms. The maximum absolute atomic E-state index is 12.6. The Balaban J connectivity index is 1.69. The summed E-state index contributed by atoms with van der Waals surface area (Å²) >= 11 is 1.69. The molecule has 0 radical (unpaired) electrons. The Hall–Kier alpha value is -0.910. The van der Waals surface area contributed by atoms with Crippen LogP contribution in [0.4, 0.5) is 0 Å². The normalized spacial score (nSPS) is 31.0. The Morgan fingerprint density at radius 2 is 2.37 bits per heavy atom. The van der Waals surface area contributed by atoms with Crippen molar-refractivity contribution in [3.8, 4) is 0 Å². The van der Waals surface area contributed by atoms with Crippen LogP contribution in [-0.2, 0) is 9.53 Å². The maximum Gasteiger partial charge on any atom is 0.252 e. The standard InChI is InChI=1S/C14H20N2O2S/c15-8-11-3-4-13(18-11)14(17)16-6-1-2-12(16)10-5-7-19-9-10/h5,7,9,11-13H,1-4,6,8,15H2/t11-,12?,13+/m1/s1. The lowest BCUT2D eigenvalue weighted by atomic mass is 10.1. The van der Waals surface area contributed by atoms with E-state index < -0.39 is 0 Å². The number of amides is 1. The summed E-state index contributed by atoms with van der Waals surface area (Å²) < 4.78 is 5.74. The van der Waals surface area contributed by atoms with Crippen molar-refractivity contribution in [2.24, 2.45) is 5.73 Å². The molecule has 0 spiro atoms. The minimum Gasteiger partial charge on any atom is -0.364 e. The van der Waals surface area contributed by atoms with Crippen LogP contribution in [0.25, 0.3) is 0 Å². The first kappa shape index (κ1) is 13.1. The fourth-order valence-electron chi connectivity index (χ4n) is 3.09. The Morgan fingerprint density at radius 1 is 1.47 bits per heavy atom. The molecule has 0 aromatic carbocycles. The number of hydrogen-bond acceptors (Lipinski definition) is 4. The van der Waals surface area contributed by atoms with Gasteiger partial charge >= 0.3 is 0 Å². The molecule has 104 valence electrons. The fraction of sp³-hybridized carbons (Fsp3) is 0.643. The van der Waals surface area contributed by atoms with Gasteiger partial charge in [0.25, 0.3) is 5.91 Å². The first-order valence-corrected chi connectivity index (χ1v) is 7.92. The van der Waals surface area contributed by atoms with Gasteiger partial charge in [0.15, 0.2) is 0 Å². The third kappa shape index (κ3) is 2.55. The molecule has 2 fully saturated rings. The van der Waals surface area contributed by atoms with Gasteiger partial charge < -0.3 is 15.4 Å². The molecule has 2 N–H and O–H groups in total. The van der Waals surface area contributed by atoms with E-state index in [0.29, 0.717) is 6.54 Å². The molecule has 1 aromatic rings. The lowest BCUT2D eigenvalue weighted by Gasteiger charge is -2.27. The summed E-state index contributed by atoms with van der Waals surface area (Å²) in [5.74, 6) is 0.157. The molecule has 2 aliphatic heterocycles. The van der Waals surface area contributed by atoms with Gasteiger partial charge in [-0.25, -0.2) is 0 Å². The summed E-state index contributed by atoms with van der Waals surface area (Å²) in [6.45, 7) is 1.37. The van der Waals surface area contributed by atoms with Crippen LogP contribution in [0, 0.1) is 0 Å². The van der Waals surface area contributed by atoms with Crippen LogP contribution >= 0.6 is 11.3 Å². The summed E-state index contributed by atoms with van der Waals surface area (Å²) in [5.41, 5.74) is 6.87. The Bertz CT molecular complexity index is 435. The number of likely N-dealkylation sites (tertiary alicyclic amines) is 1.